The van der Waals surface area contributed by atoms with E-state index in [0.29, 0.717) is 5.56 Å². The SMILES string of the molecule is CC(=O)NC(CC(=O)N1CCN(S(=O)(=O)c2ccc(C(C)=O)cc2)CC1)c1cccs1. The zero-order chi connectivity index (χ0) is 22.6. The summed E-state index contributed by atoms with van der Waals surface area (Å²) < 4.78 is 27.1. The summed E-state index contributed by atoms with van der Waals surface area (Å²) in [7, 11) is -3.70. The number of sulfonamides is 1. The van der Waals surface area contributed by atoms with Crippen molar-refractivity contribution in [3.05, 3.63) is 52.2 Å². The Bertz CT molecular complexity index is 1040. The lowest BCUT2D eigenvalue weighted by molar-refractivity contribution is -0.133. The number of thiophene rings is 1. The van der Waals surface area contributed by atoms with Crippen molar-refractivity contribution in [1.29, 1.82) is 0 Å². The quantitative estimate of drug-likeness (QED) is 0.633. The molecule has 3 rings (SSSR count). The first-order valence-corrected chi connectivity index (χ1v) is 12.2. The molecule has 1 aromatic carbocycles. The number of piperazine rings is 1. The van der Waals surface area contributed by atoms with E-state index in [-0.39, 0.29) is 55.1 Å². The number of nitrogens with one attached hydrogen (secondary N) is 1. The molecule has 31 heavy (non-hydrogen) atoms. The van der Waals surface area contributed by atoms with Gasteiger partial charge in [0.05, 0.1) is 17.4 Å². The van der Waals surface area contributed by atoms with Crippen molar-refractivity contribution in [2.45, 2.75) is 31.2 Å². The normalized spacial score (nSPS) is 16.0. The van der Waals surface area contributed by atoms with E-state index in [2.05, 4.69) is 5.32 Å². The van der Waals surface area contributed by atoms with Crippen LogP contribution in [0, 0.1) is 0 Å². The molecule has 8 nitrogen and oxygen atoms in total. The second-order valence-electron chi connectivity index (χ2n) is 7.34. The number of Topliss-reactive ketones (excluding diaryl/α,β-unsaturated/α-hetero) is 1. The van der Waals surface area contributed by atoms with Gasteiger partial charge in [0.2, 0.25) is 21.8 Å². The third-order valence-corrected chi connectivity index (χ3v) is 8.03. The predicted molar refractivity (Wildman–Crippen MR) is 117 cm³/mol. The maximum absolute atomic E-state index is 12.9. The van der Waals surface area contributed by atoms with Crippen LogP contribution in [0.3, 0.4) is 0 Å². The Morgan fingerprint density at radius 1 is 1.03 bits per heavy atom. The second kappa shape index (κ2) is 9.71. The summed E-state index contributed by atoms with van der Waals surface area (Å²) in [4.78, 5) is 38.4. The number of benzene rings is 1. The monoisotopic (exact) mass is 463 g/mol. The van der Waals surface area contributed by atoms with Gasteiger partial charge in [-0.1, -0.05) is 18.2 Å². The van der Waals surface area contributed by atoms with Crippen LogP contribution in [0.15, 0.2) is 46.7 Å². The van der Waals surface area contributed by atoms with Gasteiger partial charge in [-0.2, -0.15) is 4.31 Å². The molecule has 166 valence electrons. The molecule has 0 aliphatic carbocycles. The molecule has 1 atom stereocenters. The minimum atomic E-state index is -3.70. The third-order valence-electron chi connectivity index (χ3n) is 5.13. The Balaban J connectivity index is 1.62. The van der Waals surface area contributed by atoms with E-state index in [1.54, 1.807) is 4.90 Å². The minimum absolute atomic E-state index is 0.124. The topological polar surface area (TPSA) is 104 Å². The number of amides is 2. The van der Waals surface area contributed by atoms with Crippen molar-refractivity contribution in [3.63, 3.8) is 0 Å². The Kier molecular flexibility index (Phi) is 7.24. The number of rotatable bonds is 7. The van der Waals surface area contributed by atoms with Crippen LogP contribution in [-0.4, -0.2) is 61.4 Å². The van der Waals surface area contributed by atoms with Gasteiger partial charge >= 0.3 is 0 Å². The maximum Gasteiger partial charge on any atom is 0.243 e. The molecular weight excluding hydrogens is 438 g/mol. The van der Waals surface area contributed by atoms with Crippen LogP contribution in [0.2, 0.25) is 0 Å². The summed E-state index contributed by atoms with van der Waals surface area (Å²) in [6, 6.07) is 9.22. The predicted octanol–water partition coefficient (Wildman–Crippen LogP) is 2.05. The number of ketones is 1. The third kappa shape index (κ3) is 5.57. The van der Waals surface area contributed by atoms with E-state index in [4.69, 9.17) is 0 Å². The Morgan fingerprint density at radius 3 is 2.19 bits per heavy atom. The van der Waals surface area contributed by atoms with Crippen LogP contribution >= 0.6 is 11.3 Å². The van der Waals surface area contributed by atoms with Gasteiger partial charge in [-0.05, 0) is 30.5 Å². The highest BCUT2D eigenvalue weighted by atomic mass is 32.2. The zero-order valence-corrected chi connectivity index (χ0v) is 19.0. The van der Waals surface area contributed by atoms with E-state index in [0.717, 1.165) is 4.88 Å². The summed E-state index contributed by atoms with van der Waals surface area (Å²) in [5.74, 6) is -0.468. The molecule has 1 N–H and O–H groups in total. The number of carbonyl (C=O) groups is 3. The van der Waals surface area contributed by atoms with E-state index < -0.39 is 16.1 Å². The van der Waals surface area contributed by atoms with Crippen LogP contribution in [0.5, 0.6) is 0 Å². The highest BCUT2D eigenvalue weighted by Gasteiger charge is 2.31. The number of nitrogens with zero attached hydrogens (tertiary/aromatic N) is 2. The van der Waals surface area contributed by atoms with E-state index >= 15 is 0 Å². The van der Waals surface area contributed by atoms with Gasteiger partial charge in [-0.3, -0.25) is 14.4 Å². The Morgan fingerprint density at radius 2 is 1.68 bits per heavy atom. The molecule has 1 unspecified atom stereocenters. The fraction of sp³-hybridized carbons (Fsp3) is 0.381. The molecule has 2 heterocycles. The molecule has 1 aliphatic rings. The molecule has 0 bridgehead atoms. The first kappa shape index (κ1) is 23.1. The first-order chi connectivity index (χ1) is 14.7. The summed E-state index contributed by atoms with van der Waals surface area (Å²) in [6.45, 7) is 3.77. The average molecular weight is 464 g/mol. The minimum Gasteiger partial charge on any atom is -0.348 e. The molecule has 0 radical (unpaired) electrons. The summed E-state index contributed by atoms with van der Waals surface area (Å²) in [5, 5.41) is 4.70. The maximum atomic E-state index is 12.9. The number of carbonyl (C=O) groups excluding carboxylic acids is 3. The van der Waals surface area contributed by atoms with Crippen molar-refractivity contribution in [2.75, 3.05) is 26.2 Å². The van der Waals surface area contributed by atoms with E-state index in [9.17, 15) is 22.8 Å². The van der Waals surface area contributed by atoms with Gasteiger partial charge in [-0.15, -0.1) is 11.3 Å². The molecule has 1 fully saturated rings. The molecule has 2 amide bonds. The summed E-state index contributed by atoms with van der Waals surface area (Å²) >= 11 is 1.47. The molecular formula is C21H25N3O5S2. The van der Waals surface area contributed by atoms with E-state index in [1.165, 1.54) is 53.8 Å². The fourth-order valence-electron chi connectivity index (χ4n) is 3.45. The van der Waals surface area contributed by atoms with Crippen LogP contribution in [-0.2, 0) is 19.6 Å². The lowest BCUT2D eigenvalue weighted by Crippen LogP contribution is -2.51. The van der Waals surface area contributed by atoms with Crippen molar-refractivity contribution in [3.8, 4) is 0 Å². The molecule has 0 spiro atoms. The Labute approximate surface area is 185 Å². The lowest BCUT2D eigenvalue weighted by atomic mass is 10.1. The summed E-state index contributed by atoms with van der Waals surface area (Å²) in [6.07, 6.45) is 0.124. The smallest absolute Gasteiger partial charge is 0.243 e. The highest BCUT2D eigenvalue weighted by molar-refractivity contribution is 7.89. The van der Waals surface area contributed by atoms with Gasteiger partial charge in [0.15, 0.2) is 5.78 Å². The van der Waals surface area contributed by atoms with Crippen LogP contribution in [0.1, 0.15) is 41.5 Å². The van der Waals surface area contributed by atoms with Crippen LogP contribution in [0.25, 0.3) is 0 Å². The standard InChI is InChI=1S/C21H25N3O5S2/c1-15(25)17-5-7-18(8-6-17)31(28,29)24-11-9-23(10-12-24)21(27)14-19(22-16(2)26)20-4-3-13-30-20/h3-8,13,19H,9-12,14H2,1-2H3,(H,22,26). The van der Waals surface area contributed by atoms with Crippen molar-refractivity contribution in [2.24, 2.45) is 0 Å². The van der Waals surface area contributed by atoms with Crippen molar-refractivity contribution >= 4 is 39.0 Å². The largest absolute Gasteiger partial charge is 0.348 e. The van der Waals surface area contributed by atoms with Gasteiger partial charge in [0.25, 0.3) is 0 Å². The highest BCUT2D eigenvalue weighted by Crippen LogP contribution is 2.24. The average Bonchev–Trinajstić information content (AvgIpc) is 3.28. The van der Waals surface area contributed by atoms with Crippen LogP contribution < -0.4 is 5.32 Å². The zero-order valence-electron chi connectivity index (χ0n) is 17.4. The first-order valence-electron chi connectivity index (χ1n) is 9.88. The number of hydrogen-bond acceptors (Lipinski definition) is 6. The molecule has 1 saturated heterocycles. The van der Waals surface area contributed by atoms with Gasteiger partial charge in [-0.25, -0.2) is 8.42 Å². The van der Waals surface area contributed by atoms with Crippen molar-refractivity contribution in [1.82, 2.24) is 14.5 Å². The summed E-state index contributed by atoms with van der Waals surface area (Å²) in [5.41, 5.74) is 0.453. The Hall–Kier alpha value is -2.56. The lowest BCUT2D eigenvalue weighted by Gasteiger charge is -2.34. The fourth-order valence-corrected chi connectivity index (χ4v) is 5.65. The van der Waals surface area contributed by atoms with E-state index in [1.807, 2.05) is 17.5 Å². The molecule has 2 aromatic rings. The second-order valence-corrected chi connectivity index (χ2v) is 10.3. The molecule has 0 saturated carbocycles. The molecule has 10 heteroatoms. The van der Waals surface area contributed by atoms with Gasteiger partial charge in [0, 0.05) is 43.5 Å². The van der Waals surface area contributed by atoms with Crippen LogP contribution in [0.4, 0.5) is 0 Å². The van der Waals surface area contributed by atoms with Gasteiger partial charge in [0.1, 0.15) is 0 Å². The number of hydrogen-bond donors (Lipinski definition) is 1. The molecule has 1 aromatic heterocycles. The molecule has 1 aliphatic heterocycles. The van der Waals surface area contributed by atoms with Gasteiger partial charge < -0.3 is 10.2 Å². The van der Waals surface area contributed by atoms with Crippen molar-refractivity contribution < 1.29 is 22.8 Å².